The summed E-state index contributed by atoms with van der Waals surface area (Å²) in [5.41, 5.74) is 3.19. The van der Waals surface area contributed by atoms with Crippen molar-refractivity contribution in [2.75, 3.05) is 5.32 Å². The second-order valence-electron chi connectivity index (χ2n) is 5.10. The number of nitrogens with zero attached hydrogens (tertiary/aromatic N) is 1. The normalized spacial score (nSPS) is 10.8. The minimum atomic E-state index is -0.434. The van der Waals surface area contributed by atoms with E-state index >= 15 is 0 Å². The molecule has 2 amide bonds. The van der Waals surface area contributed by atoms with Gasteiger partial charge in [-0.15, -0.1) is 0 Å². The van der Waals surface area contributed by atoms with Crippen LogP contribution in [0.4, 0.5) is 5.69 Å². The molecule has 136 valence electrons. The Hall–Kier alpha value is -1.79. The number of carbonyl (C=O) groups is 2. The summed E-state index contributed by atoms with van der Waals surface area (Å²) in [6, 6.07) is 9.71. The summed E-state index contributed by atoms with van der Waals surface area (Å²) in [5.74, 6) is -0.806. The van der Waals surface area contributed by atoms with Crippen molar-refractivity contribution in [1.82, 2.24) is 5.43 Å². The van der Waals surface area contributed by atoms with Crippen LogP contribution in [-0.4, -0.2) is 18.0 Å². The molecule has 0 aliphatic heterocycles. The molecule has 0 unspecified atom stereocenters. The van der Waals surface area contributed by atoms with Crippen LogP contribution in [0, 0.1) is 0 Å². The van der Waals surface area contributed by atoms with Gasteiger partial charge >= 0.3 is 0 Å². The lowest BCUT2D eigenvalue weighted by atomic mass is 10.2. The minimum absolute atomic E-state index is 0.0446. The summed E-state index contributed by atoms with van der Waals surface area (Å²) in [5, 5.41) is 8.00. The van der Waals surface area contributed by atoms with Crippen LogP contribution < -0.4 is 10.7 Å². The lowest BCUT2D eigenvalue weighted by Crippen LogP contribution is -2.20. The van der Waals surface area contributed by atoms with Crippen molar-refractivity contribution >= 4 is 70.1 Å². The van der Waals surface area contributed by atoms with Gasteiger partial charge in [-0.05, 0) is 30.3 Å². The van der Waals surface area contributed by atoms with Crippen LogP contribution in [0.5, 0.6) is 0 Å². The lowest BCUT2D eigenvalue weighted by molar-refractivity contribution is -0.124. The Morgan fingerprint density at radius 2 is 1.58 bits per heavy atom. The summed E-state index contributed by atoms with van der Waals surface area (Å²) < 4.78 is 0. The van der Waals surface area contributed by atoms with Gasteiger partial charge in [0, 0.05) is 23.4 Å². The highest BCUT2D eigenvalue weighted by molar-refractivity contribution is 6.38. The number of amides is 2. The molecule has 0 saturated heterocycles. The number of halogens is 4. The van der Waals surface area contributed by atoms with Crippen molar-refractivity contribution in [1.29, 1.82) is 0 Å². The highest BCUT2D eigenvalue weighted by Gasteiger charge is 2.09. The Bertz CT molecular complexity index is 836. The monoisotopic (exact) mass is 431 g/mol. The molecule has 2 aromatic carbocycles. The Kier molecular flexibility index (Phi) is 7.72. The number of hydrogen-bond donors (Lipinski definition) is 2. The van der Waals surface area contributed by atoms with Crippen molar-refractivity contribution in [3.05, 3.63) is 62.1 Å². The zero-order valence-corrected chi connectivity index (χ0v) is 16.3. The molecule has 5 nitrogen and oxygen atoms in total. The zero-order chi connectivity index (χ0) is 19.1. The van der Waals surface area contributed by atoms with Gasteiger partial charge in [0.1, 0.15) is 0 Å². The molecule has 0 aromatic heterocycles. The van der Waals surface area contributed by atoms with Crippen molar-refractivity contribution in [3.8, 4) is 0 Å². The van der Waals surface area contributed by atoms with E-state index in [1.54, 1.807) is 30.3 Å². The van der Waals surface area contributed by atoms with Gasteiger partial charge in [-0.3, -0.25) is 9.59 Å². The van der Waals surface area contributed by atoms with E-state index in [0.717, 1.165) is 0 Å². The lowest BCUT2D eigenvalue weighted by Gasteiger charge is -2.07. The first-order valence-corrected chi connectivity index (χ1v) is 8.89. The van der Waals surface area contributed by atoms with Gasteiger partial charge in [0.05, 0.1) is 27.0 Å². The SMILES string of the molecule is O=C(CCC(=O)Nc1cc(Cl)ccc1Cl)N/N=C/c1c(Cl)cccc1Cl. The maximum absolute atomic E-state index is 11.9. The highest BCUT2D eigenvalue weighted by atomic mass is 35.5. The maximum Gasteiger partial charge on any atom is 0.240 e. The molecule has 0 radical (unpaired) electrons. The van der Waals surface area contributed by atoms with Crippen molar-refractivity contribution in [2.45, 2.75) is 12.8 Å². The van der Waals surface area contributed by atoms with Gasteiger partial charge in [-0.2, -0.15) is 5.10 Å². The van der Waals surface area contributed by atoms with E-state index < -0.39 is 5.91 Å². The summed E-state index contributed by atoms with van der Waals surface area (Å²) in [4.78, 5) is 23.7. The average Bonchev–Trinajstić information content (AvgIpc) is 2.59. The molecule has 0 aliphatic carbocycles. The summed E-state index contributed by atoms with van der Waals surface area (Å²) >= 11 is 23.8. The maximum atomic E-state index is 11.9. The smallest absolute Gasteiger partial charge is 0.240 e. The fraction of sp³-hybridized carbons (Fsp3) is 0.118. The van der Waals surface area contributed by atoms with E-state index in [1.165, 1.54) is 12.3 Å². The third-order valence-corrected chi connectivity index (χ3v) is 4.39. The molecule has 2 N–H and O–H groups in total. The first kappa shape index (κ1) is 20.5. The van der Waals surface area contributed by atoms with Crippen LogP contribution in [0.15, 0.2) is 41.5 Å². The van der Waals surface area contributed by atoms with Crippen molar-refractivity contribution in [2.24, 2.45) is 5.10 Å². The fourth-order valence-corrected chi connectivity index (χ4v) is 2.72. The summed E-state index contributed by atoms with van der Waals surface area (Å²) in [7, 11) is 0. The topological polar surface area (TPSA) is 70.6 Å². The van der Waals surface area contributed by atoms with E-state index in [2.05, 4.69) is 15.8 Å². The Labute approximate surface area is 170 Å². The average molecular weight is 433 g/mol. The molecule has 0 bridgehead atoms. The summed E-state index contributed by atoms with van der Waals surface area (Å²) in [6.07, 6.45) is 1.24. The number of anilines is 1. The molecule has 0 aliphatic rings. The van der Waals surface area contributed by atoms with Gasteiger partial charge in [0.25, 0.3) is 0 Å². The van der Waals surface area contributed by atoms with Crippen LogP contribution in [-0.2, 0) is 9.59 Å². The van der Waals surface area contributed by atoms with Crippen molar-refractivity contribution < 1.29 is 9.59 Å². The second-order valence-corrected chi connectivity index (χ2v) is 6.76. The Morgan fingerprint density at radius 1 is 0.923 bits per heavy atom. The van der Waals surface area contributed by atoms with Crippen molar-refractivity contribution in [3.63, 3.8) is 0 Å². The number of benzene rings is 2. The molecule has 0 saturated carbocycles. The molecule has 2 aromatic rings. The molecule has 0 spiro atoms. The number of carbonyl (C=O) groups excluding carboxylic acids is 2. The molecular formula is C17H13Cl4N3O2. The first-order valence-electron chi connectivity index (χ1n) is 7.37. The van der Waals surface area contributed by atoms with Crippen LogP contribution in [0.1, 0.15) is 18.4 Å². The quantitative estimate of drug-likeness (QED) is 0.488. The van der Waals surface area contributed by atoms with Crippen LogP contribution in [0.3, 0.4) is 0 Å². The molecule has 9 heteroatoms. The van der Waals surface area contributed by atoms with Crippen LogP contribution >= 0.6 is 46.4 Å². The number of hydrazone groups is 1. The van der Waals surface area contributed by atoms with Crippen LogP contribution in [0.2, 0.25) is 20.1 Å². The van der Waals surface area contributed by atoms with Gasteiger partial charge in [-0.25, -0.2) is 5.43 Å². The van der Waals surface area contributed by atoms with Gasteiger partial charge in [0.2, 0.25) is 11.8 Å². The Balaban J connectivity index is 1.82. The van der Waals surface area contributed by atoms with E-state index in [-0.39, 0.29) is 18.7 Å². The third-order valence-electron chi connectivity index (χ3n) is 3.16. The summed E-state index contributed by atoms with van der Waals surface area (Å²) in [6.45, 7) is 0. The number of hydrogen-bond acceptors (Lipinski definition) is 3. The predicted octanol–water partition coefficient (Wildman–Crippen LogP) is 5.17. The molecule has 0 fully saturated rings. The molecule has 0 atom stereocenters. The minimum Gasteiger partial charge on any atom is -0.325 e. The van der Waals surface area contributed by atoms with E-state index in [1.807, 2.05) is 0 Å². The Morgan fingerprint density at radius 3 is 2.27 bits per heavy atom. The largest absolute Gasteiger partial charge is 0.325 e. The number of nitrogens with one attached hydrogen (secondary N) is 2. The zero-order valence-electron chi connectivity index (χ0n) is 13.2. The van der Waals surface area contributed by atoms with Gasteiger partial charge < -0.3 is 5.32 Å². The van der Waals surface area contributed by atoms with Gasteiger partial charge in [0.15, 0.2) is 0 Å². The standard InChI is InChI=1S/C17H13Cl4N3O2/c18-10-4-5-14(21)15(8-10)23-16(25)6-7-17(26)24-22-9-11-12(19)2-1-3-13(11)20/h1-5,8-9H,6-7H2,(H,23,25)(H,24,26)/b22-9+. The molecule has 0 heterocycles. The predicted molar refractivity (Wildman–Crippen MR) is 107 cm³/mol. The first-order chi connectivity index (χ1) is 12.4. The van der Waals surface area contributed by atoms with Gasteiger partial charge in [-0.1, -0.05) is 52.5 Å². The molecule has 2 rings (SSSR count). The van der Waals surface area contributed by atoms with E-state index in [0.29, 0.717) is 31.3 Å². The van der Waals surface area contributed by atoms with E-state index in [9.17, 15) is 9.59 Å². The number of rotatable bonds is 6. The highest BCUT2D eigenvalue weighted by Crippen LogP contribution is 2.25. The van der Waals surface area contributed by atoms with E-state index in [4.69, 9.17) is 46.4 Å². The molecule has 26 heavy (non-hydrogen) atoms. The third kappa shape index (κ3) is 6.18. The fourth-order valence-electron chi connectivity index (χ4n) is 1.89. The van der Waals surface area contributed by atoms with Crippen LogP contribution in [0.25, 0.3) is 0 Å². The second kappa shape index (κ2) is 9.78. The molecular weight excluding hydrogens is 420 g/mol.